The van der Waals surface area contributed by atoms with Gasteiger partial charge in [-0.1, -0.05) is 84.9 Å². The van der Waals surface area contributed by atoms with Crippen molar-refractivity contribution < 1.29 is 0 Å². The summed E-state index contributed by atoms with van der Waals surface area (Å²) in [6, 6.07) is 22.0. The van der Waals surface area contributed by atoms with Gasteiger partial charge in [0.25, 0.3) is 0 Å². The van der Waals surface area contributed by atoms with Crippen molar-refractivity contribution in [2.75, 3.05) is 0 Å². The van der Waals surface area contributed by atoms with E-state index in [1.54, 1.807) is 0 Å². The Labute approximate surface area is 152 Å². The second-order valence-electron chi connectivity index (χ2n) is 6.90. The predicted octanol–water partition coefficient (Wildman–Crippen LogP) is 7.07. The van der Waals surface area contributed by atoms with Crippen LogP contribution < -0.4 is 0 Å². The fraction of sp³-hybridized carbons (Fsp3) is 0.130. The van der Waals surface area contributed by atoms with Crippen LogP contribution in [-0.2, 0) is 5.41 Å². The molecule has 0 atom stereocenters. The van der Waals surface area contributed by atoms with Crippen LogP contribution in [0.2, 0.25) is 0 Å². The molecule has 0 unspecified atom stereocenters. The van der Waals surface area contributed by atoms with Crippen molar-refractivity contribution in [1.29, 1.82) is 0 Å². The molecule has 0 saturated heterocycles. The molecule has 0 bridgehead atoms. The summed E-state index contributed by atoms with van der Waals surface area (Å²) >= 11 is 3.62. The molecule has 1 aliphatic carbocycles. The zero-order valence-corrected chi connectivity index (χ0v) is 15.5. The van der Waals surface area contributed by atoms with Crippen LogP contribution in [0, 0.1) is 0 Å². The monoisotopic (exact) mass is 374 g/mol. The molecular formula is C23H19Br. The maximum atomic E-state index is 3.83. The third-order valence-electron chi connectivity index (χ3n) is 5.12. The minimum absolute atomic E-state index is 0.0194. The Morgan fingerprint density at radius 3 is 2.04 bits per heavy atom. The van der Waals surface area contributed by atoms with Gasteiger partial charge in [-0.15, -0.1) is 0 Å². The summed E-state index contributed by atoms with van der Waals surface area (Å²) in [5.74, 6) is 0. The average Bonchev–Trinajstić information content (AvgIpc) is 2.82. The van der Waals surface area contributed by atoms with Crippen LogP contribution in [0.15, 0.2) is 71.7 Å². The lowest BCUT2D eigenvalue weighted by molar-refractivity contribution is 0.660. The summed E-state index contributed by atoms with van der Waals surface area (Å²) in [5.41, 5.74) is 9.19. The number of halogens is 1. The van der Waals surface area contributed by atoms with Gasteiger partial charge in [-0.3, -0.25) is 0 Å². The van der Waals surface area contributed by atoms with E-state index in [0.29, 0.717) is 0 Å². The first-order valence-corrected chi connectivity index (χ1v) is 8.98. The van der Waals surface area contributed by atoms with Crippen LogP contribution in [0.1, 0.15) is 30.5 Å². The van der Waals surface area contributed by atoms with Crippen LogP contribution in [0.5, 0.6) is 0 Å². The van der Waals surface area contributed by atoms with Gasteiger partial charge in [0.05, 0.1) is 0 Å². The van der Waals surface area contributed by atoms with Gasteiger partial charge >= 0.3 is 0 Å². The molecule has 0 saturated carbocycles. The molecule has 0 aromatic heterocycles. The molecular weight excluding hydrogens is 356 g/mol. The van der Waals surface area contributed by atoms with Crippen molar-refractivity contribution >= 4 is 22.0 Å². The van der Waals surface area contributed by atoms with E-state index in [1.807, 2.05) is 6.08 Å². The molecule has 3 aromatic carbocycles. The number of hydrogen-bond acceptors (Lipinski definition) is 0. The largest absolute Gasteiger partial charge is 0.0985 e. The third kappa shape index (κ3) is 2.27. The number of benzene rings is 3. The molecule has 0 N–H and O–H groups in total. The summed E-state index contributed by atoms with van der Waals surface area (Å²) in [6.45, 7) is 8.45. The van der Waals surface area contributed by atoms with Crippen LogP contribution in [0.3, 0.4) is 0 Å². The van der Waals surface area contributed by atoms with Gasteiger partial charge in [0.1, 0.15) is 0 Å². The van der Waals surface area contributed by atoms with Crippen molar-refractivity contribution in [3.8, 4) is 22.3 Å². The summed E-state index contributed by atoms with van der Waals surface area (Å²) in [4.78, 5) is 0. The molecule has 0 amide bonds. The molecule has 0 spiro atoms. The Morgan fingerprint density at radius 2 is 1.38 bits per heavy atom. The quantitative estimate of drug-likeness (QED) is 0.450. The fourth-order valence-corrected chi connectivity index (χ4v) is 4.06. The van der Waals surface area contributed by atoms with Gasteiger partial charge in [0, 0.05) is 9.89 Å². The minimum atomic E-state index is 0.0194. The SMILES string of the molecule is C=Cc1ccc(-c2ccc3c(c2)C(C)(C)c2cc(Br)ccc2-3)cc1. The molecule has 0 fully saturated rings. The second-order valence-corrected chi connectivity index (χ2v) is 7.82. The zero-order valence-electron chi connectivity index (χ0n) is 13.9. The van der Waals surface area contributed by atoms with Crippen LogP contribution in [-0.4, -0.2) is 0 Å². The smallest absolute Gasteiger partial charge is 0.0178 e. The van der Waals surface area contributed by atoms with E-state index in [0.717, 1.165) is 10.0 Å². The van der Waals surface area contributed by atoms with Crippen LogP contribution in [0.4, 0.5) is 0 Å². The zero-order chi connectivity index (χ0) is 16.9. The maximum Gasteiger partial charge on any atom is 0.0178 e. The molecule has 118 valence electrons. The Morgan fingerprint density at radius 1 is 0.792 bits per heavy atom. The Balaban J connectivity index is 1.86. The van der Waals surface area contributed by atoms with E-state index >= 15 is 0 Å². The van der Waals surface area contributed by atoms with Gasteiger partial charge in [-0.05, 0) is 57.1 Å². The first-order chi connectivity index (χ1) is 11.5. The fourth-order valence-electron chi connectivity index (χ4n) is 3.70. The Kier molecular flexibility index (Phi) is 3.51. The summed E-state index contributed by atoms with van der Waals surface area (Å²) in [5, 5.41) is 0. The van der Waals surface area contributed by atoms with Crippen LogP contribution in [0.25, 0.3) is 28.3 Å². The van der Waals surface area contributed by atoms with E-state index < -0.39 is 0 Å². The molecule has 24 heavy (non-hydrogen) atoms. The van der Waals surface area contributed by atoms with Crippen molar-refractivity contribution in [3.05, 3.63) is 88.4 Å². The first kappa shape index (κ1) is 15.4. The molecule has 0 aliphatic heterocycles. The lowest BCUT2D eigenvalue weighted by Crippen LogP contribution is -2.15. The Bertz CT molecular complexity index is 946. The van der Waals surface area contributed by atoms with Crippen molar-refractivity contribution in [1.82, 2.24) is 0 Å². The molecule has 0 heterocycles. The molecule has 1 aliphatic rings. The van der Waals surface area contributed by atoms with Gasteiger partial charge in [-0.2, -0.15) is 0 Å². The van der Waals surface area contributed by atoms with Gasteiger partial charge in [0.15, 0.2) is 0 Å². The topological polar surface area (TPSA) is 0 Å². The van der Waals surface area contributed by atoms with Crippen molar-refractivity contribution in [2.45, 2.75) is 19.3 Å². The lowest BCUT2D eigenvalue weighted by Gasteiger charge is -2.22. The number of rotatable bonds is 2. The standard InChI is InChI=1S/C23H19Br/c1-4-15-5-7-16(8-6-15)17-9-11-19-20-12-10-18(24)14-22(20)23(2,3)21(19)13-17/h4-14H,1H2,2-3H3. The van der Waals surface area contributed by atoms with Gasteiger partial charge in [0.2, 0.25) is 0 Å². The molecule has 4 rings (SSSR count). The maximum absolute atomic E-state index is 3.83. The van der Waals surface area contributed by atoms with Crippen LogP contribution >= 0.6 is 15.9 Å². The van der Waals surface area contributed by atoms with E-state index in [4.69, 9.17) is 0 Å². The van der Waals surface area contributed by atoms with Crippen molar-refractivity contribution in [2.24, 2.45) is 0 Å². The highest BCUT2D eigenvalue weighted by atomic mass is 79.9. The summed E-state index contributed by atoms with van der Waals surface area (Å²) < 4.78 is 1.14. The predicted molar refractivity (Wildman–Crippen MR) is 107 cm³/mol. The highest BCUT2D eigenvalue weighted by Gasteiger charge is 2.35. The van der Waals surface area contributed by atoms with E-state index in [-0.39, 0.29) is 5.41 Å². The van der Waals surface area contributed by atoms with Gasteiger partial charge in [-0.25, -0.2) is 0 Å². The van der Waals surface area contributed by atoms with Gasteiger partial charge < -0.3 is 0 Å². The molecule has 0 nitrogen and oxygen atoms in total. The Hall–Kier alpha value is -2.12. The summed E-state index contributed by atoms with van der Waals surface area (Å²) in [7, 11) is 0. The molecule has 3 aromatic rings. The van der Waals surface area contributed by atoms with E-state index in [1.165, 1.54) is 33.4 Å². The van der Waals surface area contributed by atoms with E-state index in [9.17, 15) is 0 Å². The number of hydrogen-bond donors (Lipinski definition) is 0. The average molecular weight is 375 g/mol. The van der Waals surface area contributed by atoms with Crippen molar-refractivity contribution in [3.63, 3.8) is 0 Å². The number of fused-ring (bicyclic) bond motifs is 3. The highest BCUT2D eigenvalue weighted by Crippen LogP contribution is 2.50. The normalized spacial score (nSPS) is 14.1. The molecule has 0 radical (unpaired) electrons. The first-order valence-electron chi connectivity index (χ1n) is 8.18. The lowest BCUT2D eigenvalue weighted by atomic mass is 9.81. The highest BCUT2D eigenvalue weighted by molar-refractivity contribution is 9.10. The second kappa shape index (κ2) is 5.46. The third-order valence-corrected chi connectivity index (χ3v) is 5.61. The minimum Gasteiger partial charge on any atom is -0.0985 e. The molecule has 1 heteroatoms. The summed E-state index contributed by atoms with van der Waals surface area (Å²) in [6.07, 6.45) is 1.88. The van der Waals surface area contributed by atoms with E-state index in [2.05, 4.69) is 97.0 Å².